The number of hydrogen-bond donors (Lipinski definition) is 1. The van der Waals surface area contributed by atoms with E-state index in [2.05, 4.69) is 42.2 Å². The number of piperidine rings is 1. The molecule has 1 saturated carbocycles. The van der Waals surface area contributed by atoms with Crippen LogP contribution < -0.4 is 10.2 Å². The van der Waals surface area contributed by atoms with Crippen molar-refractivity contribution in [2.75, 3.05) is 31.1 Å². The van der Waals surface area contributed by atoms with Gasteiger partial charge in [-0.05, 0) is 55.5 Å². The normalized spacial score (nSPS) is 20.2. The first kappa shape index (κ1) is 19.5. The molecule has 1 N–H and O–H groups in total. The molecule has 30 heavy (non-hydrogen) atoms. The molecular weight excluding hydrogens is 446 g/mol. The maximum absolute atomic E-state index is 13.0. The maximum Gasteiger partial charge on any atom is 0.254 e. The summed E-state index contributed by atoms with van der Waals surface area (Å²) in [5.41, 5.74) is 1.91. The van der Waals surface area contributed by atoms with Crippen LogP contribution in [0.5, 0.6) is 0 Å². The third-order valence-corrected chi connectivity index (χ3v) is 6.94. The van der Waals surface area contributed by atoms with Gasteiger partial charge in [0.2, 0.25) is 11.9 Å². The van der Waals surface area contributed by atoms with Crippen molar-refractivity contribution >= 4 is 33.7 Å². The Morgan fingerprint density at radius 1 is 1.20 bits per heavy atom. The molecule has 0 bridgehead atoms. The van der Waals surface area contributed by atoms with E-state index in [9.17, 15) is 9.59 Å². The van der Waals surface area contributed by atoms with Gasteiger partial charge in [0.1, 0.15) is 0 Å². The first-order valence-electron chi connectivity index (χ1n) is 10.4. The summed E-state index contributed by atoms with van der Waals surface area (Å²) in [6, 6.07) is 7.78. The lowest BCUT2D eigenvalue weighted by Crippen LogP contribution is -2.51. The predicted molar refractivity (Wildman–Crippen MR) is 116 cm³/mol. The molecule has 7 nitrogen and oxygen atoms in total. The van der Waals surface area contributed by atoms with Crippen LogP contribution >= 0.6 is 15.9 Å². The molecule has 2 amide bonds. The van der Waals surface area contributed by atoms with Gasteiger partial charge >= 0.3 is 0 Å². The van der Waals surface area contributed by atoms with E-state index in [0.29, 0.717) is 6.54 Å². The highest BCUT2D eigenvalue weighted by atomic mass is 79.9. The molecule has 3 heterocycles. The Labute approximate surface area is 184 Å². The highest BCUT2D eigenvalue weighted by Crippen LogP contribution is 2.52. The highest BCUT2D eigenvalue weighted by molar-refractivity contribution is 9.10. The fraction of sp³-hybridized carbons (Fsp3) is 0.455. The molecular formula is C22H24BrN5O2. The molecule has 156 valence electrons. The molecule has 1 aromatic heterocycles. The Hall–Kier alpha value is -2.48. The van der Waals surface area contributed by atoms with Crippen molar-refractivity contribution in [1.29, 1.82) is 0 Å². The summed E-state index contributed by atoms with van der Waals surface area (Å²) in [6.07, 6.45) is 7.33. The van der Waals surface area contributed by atoms with Crippen LogP contribution in [0, 0.1) is 0 Å². The maximum atomic E-state index is 13.0. The van der Waals surface area contributed by atoms with Gasteiger partial charge in [0, 0.05) is 53.5 Å². The lowest BCUT2D eigenvalue weighted by Gasteiger charge is -2.35. The number of carbonyl (C=O) groups excluding carboxylic acids is 2. The van der Waals surface area contributed by atoms with Crippen LogP contribution in [0.3, 0.4) is 0 Å². The van der Waals surface area contributed by atoms with Gasteiger partial charge in [-0.15, -0.1) is 0 Å². The summed E-state index contributed by atoms with van der Waals surface area (Å²) in [5, 5.41) is 3.13. The standard InChI is InChI=1S/C22H24BrN5O2/c23-15-2-3-17-18(12-15)22(6-7-22)14-28(20(17)30)13-19(29)26-16-4-10-27(11-5-16)21-24-8-1-9-25-21/h1-3,8-9,12,16H,4-7,10-11,13-14H2,(H,26,29). The number of benzene rings is 1. The predicted octanol–water partition coefficient (Wildman–Crippen LogP) is 2.51. The summed E-state index contributed by atoms with van der Waals surface area (Å²) >= 11 is 3.52. The van der Waals surface area contributed by atoms with E-state index in [-0.39, 0.29) is 29.8 Å². The molecule has 2 aromatic rings. The summed E-state index contributed by atoms with van der Waals surface area (Å²) in [5.74, 6) is 0.622. The molecule has 1 aliphatic carbocycles. The van der Waals surface area contributed by atoms with Crippen LogP contribution in [0.15, 0.2) is 41.1 Å². The number of aromatic nitrogens is 2. The molecule has 1 aromatic carbocycles. The quantitative estimate of drug-likeness (QED) is 0.743. The van der Waals surface area contributed by atoms with E-state index in [1.54, 1.807) is 23.4 Å². The molecule has 0 unspecified atom stereocenters. The van der Waals surface area contributed by atoms with Crippen LogP contribution in [0.2, 0.25) is 0 Å². The number of carbonyl (C=O) groups is 2. The molecule has 2 aliphatic heterocycles. The van der Waals surface area contributed by atoms with E-state index in [1.807, 2.05) is 12.1 Å². The second kappa shape index (κ2) is 7.65. The summed E-state index contributed by atoms with van der Waals surface area (Å²) in [4.78, 5) is 38.2. The second-order valence-corrected chi connectivity index (χ2v) is 9.42. The van der Waals surface area contributed by atoms with Gasteiger partial charge in [0.25, 0.3) is 5.91 Å². The third-order valence-electron chi connectivity index (χ3n) is 6.45. The number of halogens is 1. The summed E-state index contributed by atoms with van der Waals surface area (Å²) < 4.78 is 0.999. The first-order valence-corrected chi connectivity index (χ1v) is 11.2. The minimum atomic E-state index is -0.0749. The molecule has 5 rings (SSSR count). The molecule has 8 heteroatoms. The van der Waals surface area contributed by atoms with Gasteiger partial charge in [-0.25, -0.2) is 9.97 Å². The van der Waals surface area contributed by atoms with E-state index >= 15 is 0 Å². The molecule has 1 spiro atoms. The van der Waals surface area contributed by atoms with Gasteiger partial charge in [0.05, 0.1) is 6.54 Å². The smallest absolute Gasteiger partial charge is 0.254 e. The minimum absolute atomic E-state index is 0.0360. The van der Waals surface area contributed by atoms with Crippen molar-refractivity contribution in [2.45, 2.75) is 37.1 Å². The van der Waals surface area contributed by atoms with Gasteiger partial charge < -0.3 is 15.1 Å². The Morgan fingerprint density at radius 2 is 1.93 bits per heavy atom. The summed E-state index contributed by atoms with van der Waals surface area (Å²) in [6.45, 7) is 2.37. The summed E-state index contributed by atoms with van der Waals surface area (Å²) in [7, 11) is 0. The Balaban J connectivity index is 1.19. The van der Waals surface area contributed by atoms with E-state index in [1.165, 1.54) is 0 Å². The SMILES string of the molecule is O=C(CN1CC2(CC2)c2cc(Br)ccc2C1=O)NC1CCN(c2ncccn2)CC1. The Bertz CT molecular complexity index is 971. The highest BCUT2D eigenvalue weighted by Gasteiger charge is 2.51. The molecule has 2 fully saturated rings. The van der Waals surface area contributed by atoms with E-state index in [0.717, 1.165) is 60.3 Å². The zero-order valence-corrected chi connectivity index (χ0v) is 18.3. The number of anilines is 1. The van der Waals surface area contributed by atoms with Crippen LogP contribution in [-0.2, 0) is 10.2 Å². The van der Waals surface area contributed by atoms with Crippen LogP contribution in [0.25, 0.3) is 0 Å². The number of nitrogens with zero attached hydrogens (tertiary/aromatic N) is 4. The number of nitrogens with one attached hydrogen (secondary N) is 1. The monoisotopic (exact) mass is 469 g/mol. The fourth-order valence-corrected chi connectivity index (χ4v) is 5.03. The average molecular weight is 470 g/mol. The topological polar surface area (TPSA) is 78.4 Å². The van der Waals surface area contributed by atoms with Gasteiger partial charge in [-0.2, -0.15) is 0 Å². The van der Waals surface area contributed by atoms with Crippen molar-refractivity contribution in [3.63, 3.8) is 0 Å². The molecule has 0 atom stereocenters. The van der Waals surface area contributed by atoms with Gasteiger partial charge in [-0.3, -0.25) is 9.59 Å². The Kier molecular flexibility index (Phi) is 4.97. The number of amides is 2. The number of hydrogen-bond acceptors (Lipinski definition) is 5. The van der Waals surface area contributed by atoms with E-state index in [4.69, 9.17) is 0 Å². The van der Waals surface area contributed by atoms with Crippen LogP contribution in [0.4, 0.5) is 5.95 Å². The average Bonchev–Trinajstić information content (AvgIpc) is 3.53. The van der Waals surface area contributed by atoms with Crippen molar-refractivity contribution < 1.29 is 9.59 Å². The van der Waals surface area contributed by atoms with Gasteiger partial charge in [0.15, 0.2) is 0 Å². The molecule has 0 radical (unpaired) electrons. The largest absolute Gasteiger partial charge is 0.352 e. The number of rotatable bonds is 4. The lowest BCUT2D eigenvalue weighted by atomic mass is 9.86. The minimum Gasteiger partial charge on any atom is -0.352 e. The van der Waals surface area contributed by atoms with Crippen LogP contribution in [-0.4, -0.2) is 58.9 Å². The number of fused-ring (bicyclic) bond motifs is 2. The Morgan fingerprint density at radius 3 is 2.63 bits per heavy atom. The zero-order valence-electron chi connectivity index (χ0n) is 16.7. The van der Waals surface area contributed by atoms with Crippen molar-refractivity contribution in [2.24, 2.45) is 0 Å². The second-order valence-electron chi connectivity index (χ2n) is 8.51. The first-order chi connectivity index (χ1) is 14.5. The lowest BCUT2D eigenvalue weighted by molar-refractivity contribution is -0.122. The van der Waals surface area contributed by atoms with Gasteiger partial charge in [-0.1, -0.05) is 15.9 Å². The van der Waals surface area contributed by atoms with Crippen molar-refractivity contribution in [3.05, 3.63) is 52.3 Å². The third kappa shape index (κ3) is 3.69. The van der Waals surface area contributed by atoms with Crippen molar-refractivity contribution in [1.82, 2.24) is 20.2 Å². The van der Waals surface area contributed by atoms with E-state index < -0.39 is 0 Å². The molecule has 1 saturated heterocycles. The molecule has 3 aliphatic rings. The van der Waals surface area contributed by atoms with Crippen LogP contribution in [0.1, 0.15) is 41.6 Å². The van der Waals surface area contributed by atoms with Crippen molar-refractivity contribution in [3.8, 4) is 0 Å². The fourth-order valence-electron chi connectivity index (χ4n) is 4.67. The zero-order chi connectivity index (χ0) is 20.7.